The van der Waals surface area contributed by atoms with E-state index in [1.54, 1.807) is 0 Å². The molecule has 0 amide bonds. The third-order valence-corrected chi connectivity index (χ3v) is 12.7. The van der Waals surface area contributed by atoms with Crippen LogP contribution in [-0.2, 0) is 28.6 Å². The van der Waals surface area contributed by atoms with E-state index in [1.807, 2.05) is 0 Å². The van der Waals surface area contributed by atoms with Gasteiger partial charge in [0.25, 0.3) is 0 Å². The fourth-order valence-corrected chi connectivity index (χ4v) is 8.07. The van der Waals surface area contributed by atoms with Crippen molar-refractivity contribution >= 4 is 17.9 Å². The molecule has 0 aromatic carbocycles. The van der Waals surface area contributed by atoms with Gasteiger partial charge in [-0.05, 0) is 148 Å². The highest BCUT2D eigenvalue weighted by Gasteiger charge is 2.19. The molecule has 1 unspecified atom stereocenters. The summed E-state index contributed by atoms with van der Waals surface area (Å²) in [6.45, 7) is 6.25. The van der Waals surface area contributed by atoms with E-state index in [4.69, 9.17) is 14.2 Å². The van der Waals surface area contributed by atoms with Gasteiger partial charge >= 0.3 is 17.9 Å². The number of hydrogen-bond acceptors (Lipinski definition) is 6. The Morgan fingerprint density at radius 3 is 0.709 bits per heavy atom. The van der Waals surface area contributed by atoms with Crippen molar-refractivity contribution in [2.75, 3.05) is 13.2 Å². The maximum Gasteiger partial charge on any atom is 0.306 e. The lowest BCUT2D eigenvalue weighted by atomic mass is 10.1. The first-order valence-electron chi connectivity index (χ1n) is 31.6. The first-order chi connectivity index (χ1) is 39.0. The molecular weight excluding hydrogens is 973 g/mol. The molecule has 0 aromatic rings. The largest absolute Gasteiger partial charge is 0.462 e. The summed E-state index contributed by atoms with van der Waals surface area (Å²) in [6, 6.07) is 0. The van der Waals surface area contributed by atoms with Crippen molar-refractivity contribution < 1.29 is 28.6 Å². The van der Waals surface area contributed by atoms with Crippen molar-refractivity contribution in [1.82, 2.24) is 0 Å². The first kappa shape index (κ1) is 73.8. The Kier molecular flexibility index (Phi) is 61.0. The third-order valence-electron chi connectivity index (χ3n) is 12.7. The highest BCUT2D eigenvalue weighted by Crippen LogP contribution is 2.14. The predicted octanol–water partition coefficient (Wildman–Crippen LogP) is 21.9. The zero-order valence-corrected chi connectivity index (χ0v) is 50.6. The molecule has 1 atom stereocenters. The second-order valence-corrected chi connectivity index (χ2v) is 20.2. The third kappa shape index (κ3) is 63.5. The van der Waals surface area contributed by atoms with Crippen molar-refractivity contribution in [3.8, 4) is 0 Å². The fourth-order valence-electron chi connectivity index (χ4n) is 8.07. The molecule has 0 spiro atoms. The summed E-state index contributed by atoms with van der Waals surface area (Å²) in [5.74, 6) is -0.970. The van der Waals surface area contributed by atoms with Crippen LogP contribution in [0.5, 0.6) is 0 Å². The molecule has 0 aliphatic rings. The van der Waals surface area contributed by atoms with Gasteiger partial charge in [-0.1, -0.05) is 255 Å². The first-order valence-corrected chi connectivity index (χ1v) is 31.6. The summed E-state index contributed by atoms with van der Waals surface area (Å²) in [7, 11) is 0. The van der Waals surface area contributed by atoms with Crippen LogP contribution in [0.15, 0.2) is 170 Å². The van der Waals surface area contributed by atoms with Crippen LogP contribution in [0.4, 0.5) is 0 Å². The number of carbonyl (C=O) groups excluding carboxylic acids is 3. The molecule has 0 fully saturated rings. The van der Waals surface area contributed by atoms with Gasteiger partial charge in [0.15, 0.2) is 6.10 Å². The normalized spacial score (nSPS) is 13.3. The van der Waals surface area contributed by atoms with E-state index in [0.29, 0.717) is 19.3 Å². The van der Waals surface area contributed by atoms with Crippen molar-refractivity contribution in [3.05, 3.63) is 170 Å². The average molecular weight is 1090 g/mol. The van der Waals surface area contributed by atoms with Gasteiger partial charge in [0.2, 0.25) is 0 Å². The molecule has 0 aromatic heterocycles. The van der Waals surface area contributed by atoms with Crippen molar-refractivity contribution in [2.45, 2.75) is 258 Å². The number of rotatable bonds is 55. The Balaban J connectivity index is 4.53. The van der Waals surface area contributed by atoms with Crippen LogP contribution in [0.2, 0.25) is 0 Å². The summed E-state index contributed by atoms with van der Waals surface area (Å²) in [5.41, 5.74) is 0. The van der Waals surface area contributed by atoms with E-state index >= 15 is 0 Å². The standard InChI is InChI=1S/C73H114O6/c1-4-7-10-13-16-19-22-25-28-31-33-35-36-38-39-42-45-48-51-54-57-60-63-66-72(75)78-69-70(68-77-71(74)65-62-59-56-53-50-47-44-41-30-27-24-21-18-15-12-9-6-3)79-73(76)67-64-61-58-55-52-49-46-43-40-37-34-32-29-26-23-20-17-14-11-8-5-2/h7-12,16-21,25-30,33-35,37-39,44-45,47-48,70H,4-6,13-15,22-24,31-32,36,40-43,46,49-69H2,1-3H3/b10-7-,11-8-,12-9-,19-16-,20-17-,21-18-,28-25-,29-26-,30-27-,35-33-,37-34-,39-38-,47-44-,48-45-. The lowest BCUT2D eigenvalue weighted by Crippen LogP contribution is -2.30. The SMILES string of the molecule is CC/C=C\C/C=C\C/C=C\C/C=C\C/C=C\C/C=C\CCCCCCC(=O)OCC(COC(=O)CCCCCC/C=C\C/C=C\C/C=C\C/C=C\CC)OC(=O)CCCCCCCCCC/C=C\C/C=C\C/C=C\C/C=C\CC. The molecule has 79 heavy (non-hydrogen) atoms. The highest BCUT2D eigenvalue weighted by molar-refractivity contribution is 5.71. The molecule has 0 aliphatic carbocycles. The summed E-state index contributed by atoms with van der Waals surface area (Å²) in [4.78, 5) is 38.4. The van der Waals surface area contributed by atoms with E-state index in [9.17, 15) is 14.4 Å². The molecule has 0 aliphatic heterocycles. The second-order valence-electron chi connectivity index (χ2n) is 20.2. The highest BCUT2D eigenvalue weighted by atomic mass is 16.6. The van der Waals surface area contributed by atoms with Gasteiger partial charge in [0, 0.05) is 19.3 Å². The quantitative estimate of drug-likeness (QED) is 0.0261. The van der Waals surface area contributed by atoms with Gasteiger partial charge in [0.05, 0.1) is 0 Å². The molecule has 0 saturated heterocycles. The zero-order valence-electron chi connectivity index (χ0n) is 50.6. The van der Waals surface area contributed by atoms with E-state index in [1.165, 1.54) is 32.1 Å². The van der Waals surface area contributed by atoms with E-state index in [2.05, 4.69) is 191 Å². The molecule has 0 radical (unpaired) electrons. The molecule has 6 nitrogen and oxygen atoms in total. The summed E-state index contributed by atoms with van der Waals surface area (Å²) < 4.78 is 16.9. The van der Waals surface area contributed by atoms with Crippen molar-refractivity contribution in [1.29, 1.82) is 0 Å². The van der Waals surface area contributed by atoms with Crippen LogP contribution in [0.3, 0.4) is 0 Å². The molecule has 442 valence electrons. The zero-order chi connectivity index (χ0) is 57.1. The topological polar surface area (TPSA) is 78.9 Å². The van der Waals surface area contributed by atoms with Crippen LogP contribution in [0.1, 0.15) is 252 Å². The van der Waals surface area contributed by atoms with E-state index in [-0.39, 0.29) is 31.1 Å². The molecular formula is C73H114O6. The second kappa shape index (κ2) is 65.3. The Bertz CT molecular complexity index is 1820. The molecule has 6 heteroatoms. The number of esters is 3. The number of allylic oxidation sites excluding steroid dienone is 28. The number of hydrogen-bond donors (Lipinski definition) is 0. The van der Waals surface area contributed by atoms with Crippen LogP contribution < -0.4 is 0 Å². The number of unbranched alkanes of at least 4 members (excludes halogenated alkanes) is 16. The van der Waals surface area contributed by atoms with Crippen LogP contribution in [-0.4, -0.2) is 37.2 Å². The van der Waals surface area contributed by atoms with Gasteiger partial charge in [-0.15, -0.1) is 0 Å². The van der Waals surface area contributed by atoms with Gasteiger partial charge in [0.1, 0.15) is 13.2 Å². The lowest BCUT2D eigenvalue weighted by Gasteiger charge is -2.18. The van der Waals surface area contributed by atoms with Crippen molar-refractivity contribution in [3.63, 3.8) is 0 Å². The maximum atomic E-state index is 12.9. The molecule has 0 bridgehead atoms. The predicted molar refractivity (Wildman–Crippen MR) is 343 cm³/mol. The van der Waals surface area contributed by atoms with Gasteiger partial charge in [-0.25, -0.2) is 0 Å². The monoisotopic (exact) mass is 1090 g/mol. The van der Waals surface area contributed by atoms with Crippen LogP contribution in [0, 0.1) is 0 Å². The van der Waals surface area contributed by atoms with Crippen LogP contribution >= 0.6 is 0 Å². The smallest absolute Gasteiger partial charge is 0.306 e. The Labute approximate surface area is 485 Å². The van der Waals surface area contributed by atoms with Gasteiger partial charge < -0.3 is 14.2 Å². The van der Waals surface area contributed by atoms with Gasteiger partial charge in [-0.3, -0.25) is 14.4 Å². The molecule has 0 rings (SSSR count). The lowest BCUT2D eigenvalue weighted by molar-refractivity contribution is -0.167. The average Bonchev–Trinajstić information content (AvgIpc) is 3.45. The minimum absolute atomic E-state index is 0.111. The Morgan fingerprint density at radius 2 is 0.456 bits per heavy atom. The molecule has 0 saturated carbocycles. The maximum absolute atomic E-state index is 12.9. The summed E-state index contributed by atoms with van der Waals surface area (Å²) >= 11 is 0. The summed E-state index contributed by atoms with van der Waals surface area (Å²) in [5, 5.41) is 0. The number of carbonyl (C=O) groups is 3. The minimum atomic E-state index is -0.815. The number of ether oxygens (including phenoxy) is 3. The molecule has 0 N–H and O–H groups in total. The van der Waals surface area contributed by atoms with E-state index in [0.717, 1.165) is 180 Å². The Morgan fingerprint density at radius 1 is 0.253 bits per heavy atom. The van der Waals surface area contributed by atoms with Gasteiger partial charge in [-0.2, -0.15) is 0 Å². The summed E-state index contributed by atoms with van der Waals surface area (Å²) in [6.07, 6.45) is 96.3. The Hall–Kier alpha value is -5.23. The van der Waals surface area contributed by atoms with Crippen LogP contribution in [0.25, 0.3) is 0 Å². The molecule has 0 heterocycles. The minimum Gasteiger partial charge on any atom is -0.462 e. The fraction of sp³-hybridized carbons (Fsp3) is 0.575. The van der Waals surface area contributed by atoms with E-state index < -0.39 is 6.10 Å². The van der Waals surface area contributed by atoms with Crippen molar-refractivity contribution in [2.24, 2.45) is 0 Å².